The van der Waals surface area contributed by atoms with Gasteiger partial charge in [0.2, 0.25) is 0 Å². The number of hydrogen-bond acceptors (Lipinski definition) is 5. The molecule has 0 unspecified atom stereocenters. The molecule has 2 bridgehead atoms. The number of H-pyrrole nitrogens is 1. The van der Waals surface area contributed by atoms with Crippen molar-refractivity contribution in [2.24, 2.45) is 18.9 Å². The van der Waals surface area contributed by atoms with Crippen LogP contribution in [0.3, 0.4) is 0 Å². The van der Waals surface area contributed by atoms with Gasteiger partial charge in [0.15, 0.2) is 0 Å². The fourth-order valence-electron chi connectivity index (χ4n) is 5.76. The molecule has 160 valence electrons. The maximum absolute atomic E-state index is 12.8. The van der Waals surface area contributed by atoms with E-state index in [4.69, 9.17) is 4.74 Å². The Morgan fingerprint density at radius 1 is 1.35 bits per heavy atom. The quantitative estimate of drug-likeness (QED) is 0.663. The first-order valence-electron chi connectivity index (χ1n) is 10.7. The van der Waals surface area contributed by atoms with E-state index in [-0.39, 0.29) is 35.4 Å². The molecule has 0 radical (unpaired) electrons. The number of benzene rings is 1. The molecule has 4 atom stereocenters. The first-order valence-corrected chi connectivity index (χ1v) is 10.7. The van der Waals surface area contributed by atoms with E-state index in [0.29, 0.717) is 30.8 Å². The van der Waals surface area contributed by atoms with Crippen LogP contribution in [0.4, 0.5) is 0 Å². The Morgan fingerprint density at radius 2 is 2.26 bits per heavy atom. The Labute approximate surface area is 178 Å². The number of imidazole rings is 1. The van der Waals surface area contributed by atoms with Crippen molar-refractivity contribution in [2.45, 2.75) is 24.5 Å². The van der Waals surface area contributed by atoms with Crippen molar-refractivity contribution in [3.8, 4) is 0 Å². The van der Waals surface area contributed by atoms with E-state index in [1.165, 1.54) is 0 Å². The van der Waals surface area contributed by atoms with Crippen molar-refractivity contribution in [3.63, 3.8) is 0 Å². The maximum Gasteiger partial charge on any atom is 0.257 e. The number of aryl methyl sites for hydroxylation is 1. The Bertz CT molecular complexity index is 1170. The molecule has 3 saturated heterocycles. The van der Waals surface area contributed by atoms with Gasteiger partial charge in [-0.3, -0.25) is 14.7 Å². The zero-order valence-corrected chi connectivity index (χ0v) is 17.2. The highest BCUT2D eigenvalue weighted by Crippen LogP contribution is 2.54. The van der Waals surface area contributed by atoms with Crippen LogP contribution in [0.2, 0.25) is 0 Å². The minimum atomic E-state index is -0.272. The van der Waals surface area contributed by atoms with E-state index < -0.39 is 0 Å². The van der Waals surface area contributed by atoms with Gasteiger partial charge in [-0.1, -0.05) is 0 Å². The molecule has 3 aromatic rings. The highest BCUT2D eigenvalue weighted by Gasteiger charge is 2.63. The summed E-state index contributed by atoms with van der Waals surface area (Å²) in [5.74, 6) is 0.323. The van der Waals surface area contributed by atoms with Gasteiger partial charge >= 0.3 is 0 Å². The molecular weight excluding hydrogens is 396 g/mol. The highest BCUT2D eigenvalue weighted by atomic mass is 16.5. The molecule has 1 spiro atoms. The van der Waals surface area contributed by atoms with Crippen LogP contribution in [0, 0.1) is 11.8 Å². The summed E-state index contributed by atoms with van der Waals surface area (Å²) in [6.45, 7) is 1.81. The average Bonchev–Trinajstić information content (AvgIpc) is 3.58. The third kappa shape index (κ3) is 2.79. The highest BCUT2D eigenvalue weighted by molar-refractivity contribution is 5.97. The van der Waals surface area contributed by atoms with Gasteiger partial charge in [-0.05, 0) is 31.0 Å². The SMILES string of the molecule is Cn1cnc2cc(C(=O)NC[C@H]3[C@H]4CN(C(=O)c5cn[nH]c5)C[C@]45CC[C@H]3O5)ccc21. The molecular formula is C22H24N6O3. The van der Waals surface area contributed by atoms with Crippen molar-refractivity contribution < 1.29 is 14.3 Å². The van der Waals surface area contributed by atoms with Crippen molar-refractivity contribution in [3.05, 3.63) is 48.0 Å². The van der Waals surface area contributed by atoms with Crippen LogP contribution in [0.5, 0.6) is 0 Å². The van der Waals surface area contributed by atoms with E-state index in [1.54, 1.807) is 18.7 Å². The number of likely N-dealkylation sites (tertiary alicyclic amines) is 1. The van der Waals surface area contributed by atoms with Crippen LogP contribution < -0.4 is 5.32 Å². The Morgan fingerprint density at radius 3 is 3.10 bits per heavy atom. The maximum atomic E-state index is 12.8. The molecule has 2 aromatic heterocycles. The van der Waals surface area contributed by atoms with Crippen LogP contribution in [-0.4, -0.2) is 67.8 Å². The summed E-state index contributed by atoms with van der Waals surface area (Å²) in [6.07, 6.45) is 7.03. The number of rotatable bonds is 4. The number of nitrogens with one attached hydrogen (secondary N) is 2. The zero-order valence-electron chi connectivity index (χ0n) is 17.2. The Kier molecular flexibility index (Phi) is 3.98. The molecule has 1 aromatic carbocycles. The van der Waals surface area contributed by atoms with Gasteiger partial charge in [0, 0.05) is 43.7 Å². The fraction of sp³-hybridized carbons (Fsp3) is 0.455. The number of carbonyl (C=O) groups is 2. The lowest BCUT2D eigenvalue weighted by molar-refractivity contribution is 0.00317. The summed E-state index contributed by atoms with van der Waals surface area (Å²) < 4.78 is 8.34. The molecule has 3 fully saturated rings. The molecule has 0 aliphatic carbocycles. The van der Waals surface area contributed by atoms with Gasteiger partial charge in [0.05, 0.1) is 47.4 Å². The summed E-state index contributed by atoms with van der Waals surface area (Å²) in [4.78, 5) is 31.8. The van der Waals surface area contributed by atoms with E-state index in [1.807, 2.05) is 34.7 Å². The van der Waals surface area contributed by atoms with Crippen LogP contribution in [-0.2, 0) is 11.8 Å². The molecule has 3 aliphatic heterocycles. The number of aromatic nitrogens is 4. The first kappa shape index (κ1) is 18.6. The van der Waals surface area contributed by atoms with Crippen LogP contribution >= 0.6 is 0 Å². The largest absolute Gasteiger partial charge is 0.369 e. The van der Waals surface area contributed by atoms with Gasteiger partial charge in [-0.15, -0.1) is 0 Å². The predicted octanol–water partition coefficient (Wildman–Crippen LogP) is 1.35. The van der Waals surface area contributed by atoms with Gasteiger partial charge in [0.25, 0.3) is 11.8 Å². The zero-order chi connectivity index (χ0) is 21.2. The van der Waals surface area contributed by atoms with Crippen LogP contribution in [0.25, 0.3) is 11.0 Å². The van der Waals surface area contributed by atoms with E-state index in [9.17, 15) is 9.59 Å². The number of hydrogen-bond donors (Lipinski definition) is 2. The summed E-state index contributed by atoms with van der Waals surface area (Å²) in [5, 5.41) is 9.70. The van der Waals surface area contributed by atoms with Gasteiger partial charge in [0.1, 0.15) is 0 Å². The second-order valence-corrected chi connectivity index (χ2v) is 8.97. The van der Waals surface area contributed by atoms with Crippen LogP contribution in [0.15, 0.2) is 36.9 Å². The molecule has 9 nitrogen and oxygen atoms in total. The van der Waals surface area contributed by atoms with Gasteiger partial charge < -0.3 is 19.5 Å². The second kappa shape index (κ2) is 6.65. The van der Waals surface area contributed by atoms with Gasteiger partial charge in [-0.2, -0.15) is 5.10 Å². The Hall–Kier alpha value is -3.20. The standard InChI is InChI=1S/C22H24N6O3/c1-27-12-24-17-6-13(2-3-18(17)27)20(29)23-9-15-16-10-28(21(30)14-7-25-26-8-14)11-22(16)5-4-19(15)31-22/h2-3,6-8,12,15-16,19H,4-5,9-11H2,1H3,(H,23,29)(H,25,26)/t15-,16+,19+,22+/m0/s1. The lowest BCUT2D eigenvalue weighted by Gasteiger charge is -2.29. The normalized spacial score (nSPS) is 28.9. The van der Waals surface area contributed by atoms with E-state index in [0.717, 1.165) is 23.9 Å². The third-order valence-electron chi connectivity index (χ3n) is 7.30. The molecule has 9 heteroatoms. The lowest BCUT2D eigenvalue weighted by atomic mass is 9.73. The lowest BCUT2D eigenvalue weighted by Crippen LogP contribution is -2.41. The molecule has 2 amide bonds. The monoisotopic (exact) mass is 420 g/mol. The Balaban J connectivity index is 1.16. The molecule has 31 heavy (non-hydrogen) atoms. The average molecular weight is 420 g/mol. The number of amides is 2. The molecule has 6 rings (SSSR count). The number of aromatic amines is 1. The van der Waals surface area contributed by atoms with Crippen molar-refractivity contribution in [1.82, 2.24) is 30.0 Å². The minimum absolute atomic E-state index is 0.0176. The smallest absolute Gasteiger partial charge is 0.257 e. The number of nitrogens with zero attached hydrogens (tertiary/aromatic N) is 4. The molecule has 5 heterocycles. The van der Waals surface area contributed by atoms with Crippen LogP contribution in [0.1, 0.15) is 33.6 Å². The number of fused-ring (bicyclic) bond motifs is 2. The molecule has 3 aliphatic rings. The number of carbonyl (C=O) groups excluding carboxylic acids is 2. The van der Waals surface area contributed by atoms with Crippen molar-refractivity contribution in [2.75, 3.05) is 19.6 Å². The topological polar surface area (TPSA) is 105 Å². The van der Waals surface area contributed by atoms with Gasteiger partial charge in [-0.25, -0.2) is 4.98 Å². The molecule has 2 N–H and O–H groups in total. The number of ether oxygens (including phenoxy) is 1. The fourth-order valence-corrected chi connectivity index (χ4v) is 5.76. The summed E-state index contributed by atoms with van der Waals surface area (Å²) in [7, 11) is 1.93. The van der Waals surface area contributed by atoms with Crippen molar-refractivity contribution >= 4 is 22.8 Å². The predicted molar refractivity (Wildman–Crippen MR) is 111 cm³/mol. The second-order valence-electron chi connectivity index (χ2n) is 8.97. The first-order chi connectivity index (χ1) is 15.0. The molecule has 0 saturated carbocycles. The van der Waals surface area contributed by atoms with E-state index >= 15 is 0 Å². The summed E-state index contributed by atoms with van der Waals surface area (Å²) in [5.41, 5.74) is 2.70. The summed E-state index contributed by atoms with van der Waals surface area (Å²) in [6, 6.07) is 5.58. The van der Waals surface area contributed by atoms with Crippen molar-refractivity contribution in [1.29, 1.82) is 0 Å². The minimum Gasteiger partial charge on any atom is -0.369 e. The summed E-state index contributed by atoms with van der Waals surface area (Å²) >= 11 is 0. The van der Waals surface area contributed by atoms with E-state index in [2.05, 4.69) is 20.5 Å². The third-order valence-corrected chi connectivity index (χ3v) is 7.30.